The Bertz CT molecular complexity index is 1190. The number of ether oxygens (including phenoxy) is 1. The van der Waals surface area contributed by atoms with Crippen LogP contribution in [0.15, 0.2) is 11.0 Å². The van der Waals surface area contributed by atoms with Crippen LogP contribution >= 0.6 is 35.7 Å². The van der Waals surface area contributed by atoms with Gasteiger partial charge in [-0.25, -0.2) is 27.3 Å². The van der Waals surface area contributed by atoms with Crippen molar-refractivity contribution in [1.29, 1.82) is 0 Å². The summed E-state index contributed by atoms with van der Waals surface area (Å²) in [5.74, 6) is 0.554. The summed E-state index contributed by atoms with van der Waals surface area (Å²) in [6, 6.07) is 0. The number of H-pyrrole nitrogens is 1. The molecule has 21 heteroatoms. The van der Waals surface area contributed by atoms with Crippen LogP contribution in [0.1, 0.15) is 6.23 Å². The molecule has 1 aromatic heterocycles. The first-order valence-electron chi connectivity index (χ1n) is 7.69. The number of hydrogen-bond donors (Lipinski definition) is 6. The first-order chi connectivity index (χ1) is 14.4. The quantitative estimate of drug-likeness (QED) is 0.144. The molecule has 1 aliphatic rings. The third-order valence-corrected chi connectivity index (χ3v) is 7.76. The molecule has 0 bridgehead atoms. The van der Waals surface area contributed by atoms with Crippen LogP contribution in [0, 0.1) is 22.8 Å². The van der Waals surface area contributed by atoms with Gasteiger partial charge in [-0.2, -0.15) is 8.62 Å². The molecule has 1 saturated heterocycles. The van der Waals surface area contributed by atoms with Crippen LogP contribution < -0.4 is 5.69 Å². The average molecular weight is 544 g/mol. The summed E-state index contributed by atoms with van der Waals surface area (Å²) in [7, 11) is -17.2. The van der Waals surface area contributed by atoms with Crippen LogP contribution in [0.5, 0.6) is 0 Å². The number of hydrogen-bond acceptors (Lipinski definition) is 10. The SMILES string of the molecule is C#C[C@]1(COP(=O)(O)OP(=O)(O)OP(=O)(O)O)O[C@@H](n2cc(F)c(=S)[nH]c2=O)[C@@H](F)C1O. The van der Waals surface area contributed by atoms with Gasteiger partial charge in [-0.1, -0.05) is 18.1 Å². The van der Waals surface area contributed by atoms with Crippen molar-refractivity contribution in [2.24, 2.45) is 0 Å². The summed E-state index contributed by atoms with van der Waals surface area (Å²) in [6.07, 6.45) is -1.35. The van der Waals surface area contributed by atoms with Gasteiger partial charge in [-0.05, 0) is 0 Å². The smallest absolute Gasteiger partial charge is 0.386 e. The predicted octanol–water partition coefficient (Wildman–Crippen LogP) is -0.0119. The van der Waals surface area contributed by atoms with Gasteiger partial charge in [0.25, 0.3) is 0 Å². The number of aromatic nitrogens is 2. The predicted molar refractivity (Wildman–Crippen MR) is 98.3 cm³/mol. The minimum atomic E-state index is -5.86. The summed E-state index contributed by atoms with van der Waals surface area (Å²) in [5, 5.41) is 10.1. The number of nitrogens with one attached hydrogen (secondary N) is 1. The molecule has 6 N–H and O–H groups in total. The van der Waals surface area contributed by atoms with Gasteiger partial charge >= 0.3 is 29.2 Å². The van der Waals surface area contributed by atoms with E-state index < -0.39 is 70.3 Å². The highest BCUT2D eigenvalue weighted by atomic mass is 32.1. The van der Waals surface area contributed by atoms with Gasteiger partial charge < -0.3 is 29.4 Å². The molecule has 1 aliphatic heterocycles. The van der Waals surface area contributed by atoms with E-state index in [2.05, 4.69) is 25.4 Å². The molecule has 0 spiro atoms. The number of aliphatic hydroxyl groups is 1. The monoisotopic (exact) mass is 544 g/mol. The van der Waals surface area contributed by atoms with Gasteiger partial charge in [0, 0.05) is 0 Å². The van der Waals surface area contributed by atoms with Crippen molar-refractivity contribution in [2.45, 2.75) is 24.1 Å². The normalized spacial score (nSPS) is 29.8. The van der Waals surface area contributed by atoms with Crippen molar-refractivity contribution in [2.75, 3.05) is 6.61 Å². The summed E-state index contributed by atoms with van der Waals surface area (Å²) in [5.41, 5.74) is -3.80. The summed E-state index contributed by atoms with van der Waals surface area (Å²) >= 11 is 4.50. The van der Waals surface area contributed by atoms with Crippen LogP contribution in [0.25, 0.3) is 0 Å². The van der Waals surface area contributed by atoms with Gasteiger partial charge in [0.1, 0.15) is 17.4 Å². The van der Waals surface area contributed by atoms with Crippen molar-refractivity contribution in [3.63, 3.8) is 0 Å². The standard InChI is InChI=1S/C11H13F2N2O13P3S/c1-2-11(4-25-30(21,22)28-31(23,24)27-29(18,19)20)7(16)6(13)9(26-11)15-3-5(12)8(32)14-10(15)17/h1,3,6-7,9,16H,4H2,(H,21,22)(H,23,24)(H,14,17,32)(H2,18,19,20)/t6-,7?,9+,11+/m0/s1. The number of alkyl halides is 1. The van der Waals surface area contributed by atoms with E-state index in [4.69, 9.17) is 25.8 Å². The molecule has 0 amide bonds. The van der Waals surface area contributed by atoms with E-state index in [0.717, 1.165) is 0 Å². The molecule has 3 unspecified atom stereocenters. The number of aliphatic hydroxyl groups excluding tert-OH is 1. The molecule has 6 atom stereocenters. The van der Waals surface area contributed by atoms with Gasteiger partial charge in [-0.3, -0.25) is 14.1 Å². The van der Waals surface area contributed by atoms with Crippen molar-refractivity contribution in [3.05, 3.63) is 27.1 Å². The van der Waals surface area contributed by atoms with Gasteiger partial charge in [0.15, 0.2) is 23.8 Å². The molecule has 15 nitrogen and oxygen atoms in total. The van der Waals surface area contributed by atoms with Gasteiger partial charge in [0.2, 0.25) is 0 Å². The Morgan fingerprint density at radius 2 is 1.88 bits per heavy atom. The van der Waals surface area contributed by atoms with E-state index >= 15 is 0 Å². The second-order valence-electron chi connectivity index (χ2n) is 5.94. The highest BCUT2D eigenvalue weighted by Crippen LogP contribution is 2.66. The Morgan fingerprint density at radius 1 is 1.28 bits per heavy atom. The minimum absolute atomic E-state index is 0.308. The van der Waals surface area contributed by atoms with Crippen LogP contribution in [0.3, 0.4) is 0 Å². The topological polar surface area (TPSA) is 227 Å². The van der Waals surface area contributed by atoms with Gasteiger partial charge in [-0.15, -0.1) is 6.42 Å². The second-order valence-corrected chi connectivity index (χ2v) is 10.8. The number of phosphoric acid groups is 3. The van der Waals surface area contributed by atoms with Crippen LogP contribution in [0.2, 0.25) is 0 Å². The molecule has 180 valence electrons. The number of halogens is 2. The fourth-order valence-corrected chi connectivity index (χ4v) is 5.57. The molecule has 0 radical (unpaired) electrons. The van der Waals surface area contributed by atoms with Crippen molar-refractivity contribution in [3.8, 4) is 12.3 Å². The third kappa shape index (κ3) is 6.25. The zero-order valence-corrected chi connectivity index (χ0v) is 18.5. The van der Waals surface area contributed by atoms with E-state index in [1.165, 1.54) is 0 Å². The molecule has 2 rings (SSSR count). The molecule has 32 heavy (non-hydrogen) atoms. The highest BCUT2D eigenvalue weighted by Gasteiger charge is 2.57. The largest absolute Gasteiger partial charge is 0.490 e. The minimum Gasteiger partial charge on any atom is -0.386 e. The molecular formula is C11H13F2N2O13P3S. The molecular weight excluding hydrogens is 531 g/mol. The number of terminal acetylenes is 1. The molecule has 0 aromatic carbocycles. The molecule has 1 fully saturated rings. The Kier molecular flexibility index (Phi) is 7.83. The number of nitrogens with zero attached hydrogens (tertiary/aromatic N) is 1. The highest BCUT2D eigenvalue weighted by molar-refractivity contribution is 7.71. The number of aromatic amines is 1. The lowest BCUT2D eigenvalue weighted by atomic mass is 9.98. The maximum Gasteiger partial charge on any atom is 0.490 e. The number of phosphoric ester groups is 1. The van der Waals surface area contributed by atoms with E-state index in [1.54, 1.807) is 5.92 Å². The lowest BCUT2D eigenvalue weighted by Gasteiger charge is -2.26. The number of rotatable bonds is 8. The van der Waals surface area contributed by atoms with Crippen molar-refractivity contribution < 1.29 is 65.0 Å². The maximum absolute atomic E-state index is 14.6. The fourth-order valence-electron chi connectivity index (χ4n) is 2.38. The fraction of sp³-hybridized carbons (Fsp3) is 0.455. The lowest BCUT2D eigenvalue weighted by molar-refractivity contribution is -0.0908. The van der Waals surface area contributed by atoms with E-state index in [-0.39, 0.29) is 0 Å². The van der Waals surface area contributed by atoms with E-state index in [0.29, 0.717) is 10.8 Å². The first kappa shape index (κ1) is 27.1. The van der Waals surface area contributed by atoms with Crippen LogP contribution in [-0.2, 0) is 31.6 Å². The second kappa shape index (κ2) is 9.24. The van der Waals surface area contributed by atoms with Crippen molar-refractivity contribution >= 4 is 35.7 Å². The Balaban J connectivity index is 2.26. The molecule has 1 aromatic rings. The molecule has 0 aliphatic carbocycles. The van der Waals surface area contributed by atoms with Crippen LogP contribution in [0.4, 0.5) is 8.78 Å². The third-order valence-electron chi connectivity index (χ3n) is 3.68. The van der Waals surface area contributed by atoms with Crippen molar-refractivity contribution in [1.82, 2.24) is 9.55 Å². The zero-order chi connectivity index (χ0) is 24.7. The Labute approximate surface area is 181 Å². The zero-order valence-electron chi connectivity index (χ0n) is 15.0. The summed E-state index contributed by atoms with van der Waals surface area (Å²) in [6.45, 7) is -1.43. The summed E-state index contributed by atoms with van der Waals surface area (Å²) in [4.78, 5) is 49.3. The molecule has 0 saturated carbocycles. The van der Waals surface area contributed by atoms with Crippen LogP contribution in [-0.4, -0.2) is 58.7 Å². The Morgan fingerprint density at radius 3 is 2.41 bits per heavy atom. The first-order valence-corrected chi connectivity index (χ1v) is 12.6. The Hall–Kier alpha value is -1.15. The lowest BCUT2D eigenvalue weighted by Crippen LogP contribution is -2.44. The van der Waals surface area contributed by atoms with Gasteiger partial charge in [0.05, 0.1) is 6.20 Å². The molecule has 2 heterocycles. The summed E-state index contributed by atoms with van der Waals surface area (Å²) < 4.78 is 78.1. The van der Waals surface area contributed by atoms with E-state index in [1.807, 2.05) is 4.98 Å². The average Bonchev–Trinajstić information content (AvgIpc) is 2.85. The maximum atomic E-state index is 14.6. The van der Waals surface area contributed by atoms with E-state index in [9.17, 15) is 37.3 Å².